The lowest BCUT2D eigenvalue weighted by atomic mass is 9.82. The summed E-state index contributed by atoms with van der Waals surface area (Å²) in [5, 5.41) is 3.12. The van der Waals surface area contributed by atoms with Crippen molar-refractivity contribution in [3.05, 3.63) is 65.7 Å². The summed E-state index contributed by atoms with van der Waals surface area (Å²) in [5.41, 5.74) is 1.87. The fourth-order valence-electron chi connectivity index (χ4n) is 4.68. The molecule has 1 saturated carbocycles. The zero-order valence-corrected chi connectivity index (χ0v) is 20.3. The molecule has 0 radical (unpaired) electrons. The topological polar surface area (TPSA) is 49.4 Å². The van der Waals surface area contributed by atoms with E-state index in [0.29, 0.717) is 12.1 Å². The predicted octanol–water partition coefficient (Wildman–Crippen LogP) is 5.18. The number of aryl methyl sites for hydroxylation is 1. The lowest BCUT2D eigenvalue weighted by Gasteiger charge is -2.37. The van der Waals surface area contributed by atoms with Crippen LogP contribution in [0.15, 0.2) is 59.5 Å². The van der Waals surface area contributed by atoms with Crippen molar-refractivity contribution in [2.24, 2.45) is 5.92 Å². The Morgan fingerprint density at radius 1 is 1.09 bits per heavy atom. The number of nitrogens with one attached hydrogen (secondary N) is 1. The van der Waals surface area contributed by atoms with Crippen LogP contribution in [0.1, 0.15) is 54.4 Å². The molecule has 3 rings (SSSR count). The first-order valence-electron chi connectivity index (χ1n) is 11.8. The molecule has 1 aliphatic carbocycles. The third-order valence-corrected chi connectivity index (χ3v) is 7.14. The predicted molar refractivity (Wildman–Crippen MR) is 136 cm³/mol. The molecule has 1 aliphatic rings. The number of rotatable bonds is 10. The Hall–Kier alpha value is -2.71. The zero-order valence-electron chi connectivity index (χ0n) is 19.5. The van der Waals surface area contributed by atoms with E-state index in [-0.39, 0.29) is 24.3 Å². The van der Waals surface area contributed by atoms with Crippen LogP contribution in [-0.2, 0) is 11.2 Å². The third kappa shape index (κ3) is 6.88. The molecule has 1 unspecified atom stereocenters. The Bertz CT molecular complexity index is 948. The van der Waals surface area contributed by atoms with Gasteiger partial charge in [-0.3, -0.25) is 9.59 Å². The highest BCUT2D eigenvalue weighted by Crippen LogP contribution is 2.31. The minimum Gasteiger partial charge on any atom is -0.354 e. The summed E-state index contributed by atoms with van der Waals surface area (Å²) in [6.07, 6.45) is 14.6. The molecule has 2 amide bonds. The largest absolute Gasteiger partial charge is 0.354 e. The molecule has 33 heavy (non-hydrogen) atoms. The van der Waals surface area contributed by atoms with E-state index in [2.05, 4.69) is 23.4 Å². The van der Waals surface area contributed by atoms with Gasteiger partial charge in [0.1, 0.15) is 6.04 Å². The molecular weight excluding hydrogens is 428 g/mol. The number of hydrogen-bond donors (Lipinski definition) is 1. The normalized spacial score (nSPS) is 14.8. The van der Waals surface area contributed by atoms with Crippen LogP contribution >= 0.6 is 11.8 Å². The Balaban J connectivity index is 1.77. The summed E-state index contributed by atoms with van der Waals surface area (Å²) in [6.45, 7) is 0.705. The molecule has 0 bridgehead atoms. The second kappa shape index (κ2) is 13.1. The van der Waals surface area contributed by atoms with Crippen molar-refractivity contribution < 1.29 is 9.59 Å². The van der Waals surface area contributed by atoms with E-state index in [1.54, 1.807) is 4.90 Å². The highest BCUT2D eigenvalue weighted by Gasteiger charge is 2.37. The first-order chi connectivity index (χ1) is 16.2. The molecule has 0 heterocycles. The monoisotopic (exact) mass is 462 g/mol. The van der Waals surface area contributed by atoms with Gasteiger partial charge in [0.25, 0.3) is 5.91 Å². The summed E-state index contributed by atoms with van der Waals surface area (Å²) in [4.78, 5) is 29.7. The summed E-state index contributed by atoms with van der Waals surface area (Å²) in [6, 6.07) is 17.3. The van der Waals surface area contributed by atoms with E-state index >= 15 is 0 Å². The van der Waals surface area contributed by atoms with Crippen LogP contribution in [0.2, 0.25) is 0 Å². The van der Waals surface area contributed by atoms with Crippen molar-refractivity contribution in [2.45, 2.75) is 55.9 Å². The van der Waals surface area contributed by atoms with E-state index in [1.165, 1.54) is 23.7 Å². The number of nitrogens with zero attached hydrogens (tertiary/aromatic N) is 1. The van der Waals surface area contributed by atoms with Gasteiger partial charge in [0.15, 0.2) is 0 Å². The van der Waals surface area contributed by atoms with Gasteiger partial charge >= 0.3 is 0 Å². The Morgan fingerprint density at radius 2 is 1.79 bits per heavy atom. The van der Waals surface area contributed by atoms with Crippen LogP contribution in [0.25, 0.3) is 0 Å². The number of amides is 2. The quantitative estimate of drug-likeness (QED) is 0.301. The molecule has 5 heteroatoms. The molecule has 174 valence electrons. The van der Waals surface area contributed by atoms with Gasteiger partial charge in [0.05, 0.1) is 12.1 Å². The smallest absolute Gasteiger partial charge is 0.256 e. The van der Waals surface area contributed by atoms with Gasteiger partial charge in [-0.05, 0) is 55.6 Å². The average Bonchev–Trinajstić information content (AvgIpc) is 2.87. The Morgan fingerprint density at radius 3 is 2.48 bits per heavy atom. The van der Waals surface area contributed by atoms with E-state index in [4.69, 9.17) is 6.42 Å². The summed E-state index contributed by atoms with van der Waals surface area (Å²) < 4.78 is 0. The molecule has 0 aromatic heterocycles. The molecular formula is C28H34N2O2S. The van der Waals surface area contributed by atoms with Gasteiger partial charge in [0, 0.05) is 11.4 Å². The molecule has 0 aliphatic heterocycles. The maximum absolute atomic E-state index is 13.7. The van der Waals surface area contributed by atoms with Crippen molar-refractivity contribution in [2.75, 3.05) is 19.3 Å². The van der Waals surface area contributed by atoms with E-state index in [1.807, 2.05) is 48.7 Å². The maximum Gasteiger partial charge on any atom is 0.256 e. The standard InChI is InChI=1S/C28H34N2O2S/c1-3-21-30(28(32)24-18-10-11-19-25(24)33-2)26(23-16-8-5-9-17-23)27(31)29-20-12-15-22-13-6-4-7-14-22/h1,4,6-7,10-11,13-14,18-19,23,26H,5,8-9,12,15-17,20-21H2,2H3,(H,29,31). The van der Waals surface area contributed by atoms with Crippen molar-refractivity contribution in [3.8, 4) is 12.3 Å². The summed E-state index contributed by atoms with van der Waals surface area (Å²) in [5.74, 6) is 2.53. The molecule has 1 N–H and O–H groups in total. The molecule has 1 atom stereocenters. The van der Waals surface area contributed by atoms with Crippen LogP contribution < -0.4 is 5.32 Å². The molecule has 0 saturated heterocycles. The van der Waals surface area contributed by atoms with Gasteiger partial charge in [-0.25, -0.2) is 0 Å². The highest BCUT2D eigenvalue weighted by molar-refractivity contribution is 7.98. The summed E-state index contributed by atoms with van der Waals surface area (Å²) in [7, 11) is 0. The highest BCUT2D eigenvalue weighted by atomic mass is 32.2. The van der Waals surface area contributed by atoms with Gasteiger partial charge in [-0.15, -0.1) is 18.2 Å². The number of thioether (sulfide) groups is 1. The first-order valence-corrected chi connectivity index (χ1v) is 13.1. The van der Waals surface area contributed by atoms with Crippen molar-refractivity contribution >= 4 is 23.6 Å². The summed E-state index contributed by atoms with van der Waals surface area (Å²) >= 11 is 1.53. The minimum atomic E-state index is -0.541. The number of carbonyl (C=O) groups excluding carboxylic acids is 2. The lowest BCUT2D eigenvalue weighted by Crippen LogP contribution is -2.54. The van der Waals surface area contributed by atoms with E-state index in [9.17, 15) is 9.59 Å². The van der Waals surface area contributed by atoms with Crippen LogP contribution in [0.3, 0.4) is 0 Å². The fraction of sp³-hybridized carbons (Fsp3) is 0.429. The molecule has 1 fully saturated rings. The van der Waals surface area contributed by atoms with Gasteiger partial charge in [0.2, 0.25) is 5.91 Å². The number of hydrogen-bond acceptors (Lipinski definition) is 3. The second-order valence-electron chi connectivity index (χ2n) is 8.56. The second-order valence-corrected chi connectivity index (χ2v) is 9.41. The van der Waals surface area contributed by atoms with Crippen molar-refractivity contribution in [3.63, 3.8) is 0 Å². The average molecular weight is 463 g/mol. The number of carbonyl (C=O) groups is 2. The Labute approximate surface area is 202 Å². The SMILES string of the molecule is C#CCN(C(=O)c1ccccc1SC)C(C(=O)NCCCc1ccccc1)C1CCCCC1. The van der Waals surface area contributed by atoms with Crippen LogP contribution in [-0.4, -0.2) is 42.1 Å². The fourth-order valence-corrected chi connectivity index (χ4v) is 5.27. The number of terminal acetylenes is 1. The van der Waals surface area contributed by atoms with Crippen LogP contribution in [0, 0.1) is 18.3 Å². The van der Waals surface area contributed by atoms with Crippen molar-refractivity contribution in [1.82, 2.24) is 10.2 Å². The van der Waals surface area contributed by atoms with E-state index in [0.717, 1.165) is 43.4 Å². The lowest BCUT2D eigenvalue weighted by molar-refractivity contribution is -0.127. The van der Waals surface area contributed by atoms with Crippen molar-refractivity contribution in [1.29, 1.82) is 0 Å². The zero-order chi connectivity index (χ0) is 23.5. The van der Waals surface area contributed by atoms with E-state index < -0.39 is 6.04 Å². The maximum atomic E-state index is 13.7. The van der Waals surface area contributed by atoms with Crippen LogP contribution in [0.5, 0.6) is 0 Å². The molecule has 2 aromatic rings. The molecule has 4 nitrogen and oxygen atoms in total. The molecule has 0 spiro atoms. The minimum absolute atomic E-state index is 0.0832. The number of benzene rings is 2. The van der Waals surface area contributed by atoms with Crippen LogP contribution in [0.4, 0.5) is 0 Å². The first kappa shape index (κ1) is 24.9. The Kier molecular flexibility index (Phi) is 9.90. The molecule has 2 aromatic carbocycles. The van der Waals surface area contributed by atoms with Gasteiger partial charge in [-0.1, -0.05) is 67.6 Å². The van der Waals surface area contributed by atoms with Gasteiger partial charge in [-0.2, -0.15) is 0 Å². The third-order valence-electron chi connectivity index (χ3n) is 6.34. The van der Waals surface area contributed by atoms with Gasteiger partial charge < -0.3 is 10.2 Å².